The van der Waals surface area contributed by atoms with Crippen molar-refractivity contribution >= 4 is 5.91 Å². The molecule has 1 heterocycles. The molecule has 100 valence electrons. The standard InChI is InChI=1S/C13H26N2O2/c1-11(2)15(8-9-16)13(17)6-5-12-4-3-7-14-10-12/h11-12,14,16H,3-10H2,1-2H3. The van der Waals surface area contributed by atoms with E-state index in [0.717, 1.165) is 19.5 Å². The van der Waals surface area contributed by atoms with Gasteiger partial charge in [-0.1, -0.05) is 0 Å². The van der Waals surface area contributed by atoms with Crippen molar-refractivity contribution in [2.75, 3.05) is 26.2 Å². The van der Waals surface area contributed by atoms with Crippen LogP contribution in [0.5, 0.6) is 0 Å². The van der Waals surface area contributed by atoms with Gasteiger partial charge in [0.15, 0.2) is 0 Å². The highest BCUT2D eigenvalue weighted by atomic mass is 16.3. The Hall–Kier alpha value is -0.610. The number of nitrogens with zero attached hydrogens (tertiary/aromatic N) is 1. The molecule has 0 aliphatic carbocycles. The summed E-state index contributed by atoms with van der Waals surface area (Å²) in [4.78, 5) is 13.8. The summed E-state index contributed by atoms with van der Waals surface area (Å²) in [5.74, 6) is 0.829. The predicted molar refractivity (Wildman–Crippen MR) is 68.8 cm³/mol. The third-order valence-corrected chi connectivity index (χ3v) is 3.45. The summed E-state index contributed by atoms with van der Waals surface area (Å²) in [6, 6.07) is 0.180. The summed E-state index contributed by atoms with van der Waals surface area (Å²) >= 11 is 0. The number of carbonyl (C=O) groups excluding carboxylic acids is 1. The molecule has 1 atom stereocenters. The summed E-state index contributed by atoms with van der Waals surface area (Å²) < 4.78 is 0. The van der Waals surface area contributed by atoms with Crippen molar-refractivity contribution in [3.8, 4) is 0 Å². The molecule has 1 rings (SSSR count). The van der Waals surface area contributed by atoms with E-state index >= 15 is 0 Å². The predicted octanol–water partition coefficient (Wildman–Crippen LogP) is 0.995. The summed E-state index contributed by atoms with van der Waals surface area (Å²) in [5, 5.41) is 12.3. The van der Waals surface area contributed by atoms with Gasteiger partial charge in [-0.3, -0.25) is 4.79 Å². The number of piperidine rings is 1. The van der Waals surface area contributed by atoms with Gasteiger partial charge in [0.1, 0.15) is 0 Å². The first-order chi connectivity index (χ1) is 8.15. The zero-order chi connectivity index (χ0) is 12.7. The summed E-state index contributed by atoms with van der Waals surface area (Å²) in [7, 11) is 0. The highest BCUT2D eigenvalue weighted by Crippen LogP contribution is 2.17. The number of aliphatic hydroxyl groups excluding tert-OH is 1. The molecule has 1 aliphatic heterocycles. The number of hydrogen-bond acceptors (Lipinski definition) is 3. The molecule has 0 saturated carbocycles. The van der Waals surface area contributed by atoms with Crippen molar-refractivity contribution in [2.45, 2.75) is 45.6 Å². The molecule has 1 aliphatic rings. The van der Waals surface area contributed by atoms with E-state index in [-0.39, 0.29) is 18.6 Å². The van der Waals surface area contributed by atoms with E-state index < -0.39 is 0 Å². The number of amides is 1. The van der Waals surface area contributed by atoms with Gasteiger partial charge in [0.2, 0.25) is 5.91 Å². The van der Waals surface area contributed by atoms with Crippen molar-refractivity contribution < 1.29 is 9.90 Å². The van der Waals surface area contributed by atoms with Crippen LogP contribution in [0.15, 0.2) is 0 Å². The molecule has 0 bridgehead atoms. The van der Waals surface area contributed by atoms with E-state index in [4.69, 9.17) is 5.11 Å². The molecule has 0 aromatic heterocycles. The molecular formula is C13H26N2O2. The number of nitrogens with one attached hydrogen (secondary N) is 1. The van der Waals surface area contributed by atoms with Crippen LogP contribution in [-0.4, -0.2) is 48.2 Å². The third-order valence-electron chi connectivity index (χ3n) is 3.45. The molecule has 1 unspecified atom stereocenters. The Balaban J connectivity index is 2.30. The molecule has 0 spiro atoms. The van der Waals surface area contributed by atoms with Crippen LogP contribution in [0.3, 0.4) is 0 Å². The Bertz CT molecular complexity index is 225. The van der Waals surface area contributed by atoms with E-state index in [2.05, 4.69) is 5.32 Å². The maximum absolute atomic E-state index is 12.0. The summed E-state index contributed by atoms with van der Waals surface area (Å²) in [5.41, 5.74) is 0. The van der Waals surface area contributed by atoms with E-state index in [1.54, 1.807) is 4.90 Å². The second kappa shape index (κ2) is 7.67. The minimum absolute atomic E-state index is 0.0505. The van der Waals surface area contributed by atoms with E-state index in [9.17, 15) is 4.79 Å². The second-order valence-electron chi connectivity index (χ2n) is 5.16. The molecule has 0 aromatic rings. The monoisotopic (exact) mass is 242 g/mol. The molecule has 4 nitrogen and oxygen atoms in total. The molecule has 0 radical (unpaired) electrons. The fraction of sp³-hybridized carbons (Fsp3) is 0.923. The van der Waals surface area contributed by atoms with Gasteiger partial charge in [0.05, 0.1) is 6.61 Å². The van der Waals surface area contributed by atoms with Crippen LogP contribution in [0.2, 0.25) is 0 Å². The molecule has 4 heteroatoms. The maximum Gasteiger partial charge on any atom is 0.222 e. The smallest absolute Gasteiger partial charge is 0.222 e. The average Bonchev–Trinajstić information content (AvgIpc) is 2.34. The number of carbonyl (C=O) groups is 1. The van der Waals surface area contributed by atoms with Gasteiger partial charge in [-0.2, -0.15) is 0 Å². The molecule has 1 amide bonds. The average molecular weight is 242 g/mol. The fourth-order valence-electron chi connectivity index (χ4n) is 2.42. The van der Waals surface area contributed by atoms with Crippen LogP contribution >= 0.6 is 0 Å². The number of hydrogen-bond donors (Lipinski definition) is 2. The maximum atomic E-state index is 12.0. The van der Waals surface area contributed by atoms with Gasteiger partial charge < -0.3 is 15.3 Å². The first-order valence-electron chi connectivity index (χ1n) is 6.76. The Morgan fingerprint density at radius 3 is 2.82 bits per heavy atom. The van der Waals surface area contributed by atoms with Gasteiger partial charge >= 0.3 is 0 Å². The Kier molecular flexibility index (Phi) is 6.52. The van der Waals surface area contributed by atoms with E-state index in [1.807, 2.05) is 13.8 Å². The highest BCUT2D eigenvalue weighted by molar-refractivity contribution is 5.76. The molecule has 2 N–H and O–H groups in total. The quantitative estimate of drug-likeness (QED) is 0.730. The van der Waals surface area contributed by atoms with Crippen LogP contribution in [-0.2, 0) is 4.79 Å². The minimum Gasteiger partial charge on any atom is -0.395 e. The van der Waals surface area contributed by atoms with Crippen LogP contribution in [0, 0.1) is 5.92 Å². The molecular weight excluding hydrogens is 216 g/mol. The van der Waals surface area contributed by atoms with Gasteiger partial charge in [-0.15, -0.1) is 0 Å². The van der Waals surface area contributed by atoms with Gasteiger partial charge in [0.25, 0.3) is 0 Å². The molecule has 0 aromatic carbocycles. The van der Waals surface area contributed by atoms with Crippen molar-refractivity contribution in [2.24, 2.45) is 5.92 Å². The van der Waals surface area contributed by atoms with Crippen molar-refractivity contribution in [1.82, 2.24) is 10.2 Å². The van der Waals surface area contributed by atoms with Crippen molar-refractivity contribution in [1.29, 1.82) is 0 Å². The van der Waals surface area contributed by atoms with Gasteiger partial charge in [-0.25, -0.2) is 0 Å². The molecule has 17 heavy (non-hydrogen) atoms. The third kappa shape index (κ3) is 5.04. The van der Waals surface area contributed by atoms with Gasteiger partial charge in [0, 0.05) is 19.0 Å². The Morgan fingerprint density at radius 2 is 2.29 bits per heavy atom. The SMILES string of the molecule is CC(C)N(CCO)C(=O)CCC1CCCNC1. The lowest BCUT2D eigenvalue weighted by Crippen LogP contribution is -2.39. The molecule has 1 saturated heterocycles. The topological polar surface area (TPSA) is 52.6 Å². The Morgan fingerprint density at radius 1 is 1.53 bits per heavy atom. The fourth-order valence-corrected chi connectivity index (χ4v) is 2.42. The lowest BCUT2D eigenvalue weighted by Gasteiger charge is -2.28. The lowest BCUT2D eigenvalue weighted by atomic mass is 9.94. The first-order valence-corrected chi connectivity index (χ1v) is 6.76. The number of aliphatic hydroxyl groups is 1. The highest BCUT2D eigenvalue weighted by Gasteiger charge is 2.19. The van der Waals surface area contributed by atoms with Crippen LogP contribution in [0.1, 0.15) is 39.5 Å². The normalized spacial score (nSPS) is 20.6. The van der Waals surface area contributed by atoms with Crippen LogP contribution in [0.25, 0.3) is 0 Å². The zero-order valence-electron chi connectivity index (χ0n) is 11.1. The van der Waals surface area contributed by atoms with Crippen molar-refractivity contribution in [3.63, 3.8) is 0 Å². The van der Waals surface area contributed by atoms with E-state index in [1.165, 1.54) is 12.8 Å². The minimum atomic E-state index is 0.0505. The van der Waals surface area contributed by atoms with Gasteiger partial charge in [-0.05, 0) is 52.1 Å². The van der Waals surface area contributed by atoms with Crippen molar-refractivity contribution in [3.05, 3.63) is 0 Å². The van der Waals surface area contributed by atoms with E-state index in [0.29, 0.717) is 18.9 Å². The molecule has 1 fully saturated rings. The zero-order valence-corrected chi connectivity index (χ0v) is 11.1. The lowest BCUT2D eigenvalue weighted by molar-refractivity contribution is -0.133. The first kappa shape index (κ1) is 14.5. The number of rotatable bonds is 6. The summed E-state index contributed by atoms with van der Waals surface area (Å²) in [6.07, 6.45) is 4.05. The summed E-state index contributed by atoms with van der Waals surface area (Å²) in [6.45, 7) is 6.67. The largest absolute Gasteiger partial charge is 0.395 e. The van der Waals surface area contributed by atoms with Crippen LogP contribution in [0.4, 0.5) is 0 Å². The van der Waals surface area contributed by atoms with Crippen LogP contribution < -0.4 is 5.32 Å². The Labute approximate surface area is 104 Å². The second-order valence-corrected chi connectivity index (χ2v) is 5.16.